The fraction of sp³-hybridized carbons (Fsp3) is 0.529. The highest BCUT2D eigenvalue weighted by Crippen LogP contribution is 2.29. The molecular formula is C17H26ClN3O2. The van der Waals surface area contributed by atoms with Crippen molar-refractivity contribution in [2.45, 2.75) is 38.3 Å². The second-order valence-electron chi connectivity index (χ2n) is 5.61. The molecule has 2 atom stereocenters. The van der Waals surface area contributed by atoms with Crippen molar-refractivity contribution in [2.24, 2.45) is 0 Å². The summed E-state index contributed by atoms with van der Waals surface area (Å²) in [7, 11) is 1.64. The van der Waals surface area contributed by atoms with Crippen LogP contribution in [0.5, 0.6) is 0 Å². The molecule has 1 saturated heterocycles. The van der Waals surface area contributed by atoms with Gasteiger partial charge in [0, 0.05) is 20.1 Å². The van der Waals surface area contributed by atoms with Gasteiger partial charge in [-0.2, -0.15) is 0 Å². The van der Waals surface area contributed by atoms with Crippen LogP contribution >= 0.6 is 12.4 Å². The van der Waals surface area contributed by atoms with Crippen LogP contribution in [0.4, 0.5) is 0 Å². The number of likely N-dealkylation sites (N-methyl/N-ethyl adjacent to an activating group) is 1. The van der Waals surface area contributed by atoms with Crippen molar-refractivity contribution in [3.63, 3.8) is 0 Å². The molecule has 1 aromatic rings. The minimum absolute atomic E-state index is 0. The molecule has 6 heteroatoms. The molecule has 0 spiro atoms. The van der Waals surface area contributed by atoms with E-state index in [1.807, 2.05) is 42.2 Å². The molecule has 1 aromatic carbocycles. The summed E-state index contributed by atoms with van der Waals surface area (Å²) in [4.78, 5) is 26.8. The van der Waals surface area contributed by atoms with Gasteiger partial charge in [-0.3, -0.25) is 14.5 Å². The Kier molecular flexibility index (Phi) is 8.06. The number of nitrogens with zero attached hydrogens (tertiary/aromatic N) is 1. The normalized spacial score (nSPS) is 18.8. The fourth-order valence-electron chi connectivity index (χ4n) is 3.01. The summed E-state index contributed by atoms with van der Waals surface area (Å²) in [5.41, 5.74) is 0.928. The SMILES string of the molecule is CCCNC(=O)[C@@H]1CCCN1[C@@H](C(=O)NC)c1ccccc1.Cl. The molecule has 0 aliphatic carbocycles. The number of rotatable bonds is 6. The van der Waals surface area contributed by atoms with E-state index in [0.717, 1.165) is 31.4 Å². The smallest absolute Gasteiger partial charge is 0.241 e. The summed E-state index contributed by atoms with van der Waals surface area (Å²) in [5.74, 6) is -0.0365. The van der Waals surface area contributed by atoms with Crippen molar-refractivity contribution in [3.05, 3.63) is 35.9 Å². The summed E-state index contributed by atoms with van der Waals surface area (Å²) in [6, 6.07) is 9.03. The third kappa shape index (κ3) is 4.69. The van der Waals surface area contributed by atoms with Gasteiger partial charge in [0.1, 0.15) is 6.04 Å². The van der Waals surface area contributed by atoms with E-state index in [2.05, 4.69) is 10.6 Å². The fourth-order valence-corrected chi connectivity index (χ4v) is 3.01. The van der Waals surface area contributed by atoms with Crippen molar-refractivity contribution < 1.29 is 9.59 Å². The molecule has 2 rings (SSSR count). The molecular weight excluding hydrogens is 314 g/mol. The largest absolute Gasteiger partial charge is 0.358 e. The summed E-state index contributed by atoms with van der Waals surface area (Å²) in [6.45, 7) is 3.47. The van der Waals surface area contributed by atoms with Crippen LogP contribution in [-0.2, 0) is 9.59 Å². The van der Waals surface area contributed by atoms with Crippen molar-refractivity contribution in [3.8, 4) is 0 Å². The Morgan fingerprint density at radius 2 is 2.00 bits per heavy atom. The lowest BCUT2D eigenvalue weighted by Gasteiger charge is -2.31. The highest BCUT2D eigenvalue weighted by atomic mass is 35.5. The third-order valence-corrected chi connectivity index (χ3v) is 4.09. The van der Waals surface area contributed by atoms with E-state index in [4.69, 9.17) is 0 Å². The van der Waals surface area contributed by atoms with E-state index in [1.165, 1.54) is 0 Å². The third-order valence-electron chi connectivity index (χ3n) is 4.09. The van der Waals surface area contributed by atoms with Crippen LogP contribution in [0.2, 0.25) is 0 Å². The Morgan fingerprint density at radius 3 is 2.61 bits per heavy atom. The first-order valence-electron chi connectivity index (χ1n) is 7.99. The number of likely N-dealkylation sites (tertiary alicyclic amines) is 1. The number of carbonyl (C=O) groups excluding carboxylic acids is 2. The number of amides is 2. The Balaban J connectivity index is 0.00000264. The zero-order valence-electron chi connectivity index (χ0n) is 13.7. The van der Waals surface area contributed by atoms with E-state index < -0.39 is 6.04 Å². The summed E-state index contributed by atoms with van der Waals surface area (Å²) < 4.78 is 0. The van der Waals surface area contributed by atoms with Crippen LogP contribution in [0.15, 0.2) is 30.3 Å². The van der Waals surface area contributed by atoms with Gasteiger partial charge in [-0.15, -0.1) is 12.4 Å². The number of nitrogens with one attached hydrogen (secondary N) is 2. The minimum Gasteiger partial charge on any atom is -0.358 e. The molecule has 1 aliphatic heterocycles. The Morgan fingerprint density at radius 1 is 1.30 bits per heavy atom. The molecule has 23 heavy (non-hydrogen) atoms. The van der Waals surface area contributed by atoms with E-state index in [1.54, 1.807) is 7.05 Å². The van der Waals surface area contributed by atoms with Crippen molar-refractivity contribution in [1.82, 2.24) is 15.5 Å². The lowest BCUT2D eigenvalue weighted by Crippen LogP contribution is -2.48. The van der Waals surface area contributed by atoms with E-state index >= 15 is 0 Å². The molecule has 2 N–H and O–H groups in total. The average Bonchev–Trinajstić information content (AvgIpc) is 3.03. The van der Waals surface area contributed by atoms with E-state index in [0.29, 0.717) is 6.54 Å². The zero-order chi connectivity index (χ0) is 15.9. The predicted octanol–water partition coefficient (Wildman–Crippen LogP) is 1.89. The van der Waals surface area contributed by atoms with E-state index in [9.17, 15) is 9.59 Å². The maximum absolute atomic E-state index is 12.4. The average molecular weight is 340 g/mol. The molecule has 0 saturated carbocycles. The highest BCUT2D eigenvalue weighted by molar-refractivity contribution is 5.86. The highest BCUT2D eigenvalue weighted by Gasteiger charge is 2.38. The Labute approximate surface area is 144 Å². The monoisotopic (exact) mass is 339 g/mol. The lowest BCUT2D eigenvalue weighted by molar-refractivity contribution is -0.131. The second kappa shape index (κ2) is 9.53. The maximum Gasteiger partial charge on any atom is 0.241 e. The lowest BCUT2D eigenvalue weighted by atomic mass is 10.0. The van der Waals surface area contributed by atoms with Gasteiger partial charge in [0.05, 0.1) is 6.04 Å². The number of carbonyl (C=O) groups is 2. The molecule has 2 amide bonds. The standard InChI is InChI=1S/C17H25N3O2.ClH/c1-3-11-19-16(21)14-10-7-12-20(14)15(17(22)18-2)13-8-5-4-6-9-13;/h4-6,8-9,14-15H,3,7,10-12H2,1-2H3,(H,18,22)(H,19,21);1H/t14-,15+;/m0./s1. The van der Waals surface area contributed by atoms with Crippen LogP contribution in [0.3, 0.4) is 0 Å². The van der Waals surface area contributed by atoms with Crippen LogP contribution in [0.25, 0.3) is 0 Å². The number of benzene rings is 1. The van der Waals surface area contributed by atoms with Crippen LogP contribution < -0.4 is 10.6 Å². The Hall–Kier alpha value is -1.59. The van der Waals surface area contributed by atoms with Crippen molar-refractivity contribution in [1.29, 1.82) is 0 Å². The molecule has 0 aromatic heterocycles. The summed E-state index contributed by atoms with van der Waals surface area (Å²) in [6.07, 6.45) is 2.65. The van der Waals surface area contributed by atoms with Crippen LogP contribution in [0, 0.1) is 0 Å². The number of hydrogen-bond acceptors (Lipinski definition) is 3. The van der Waals surface area contributed by atoms with Gasteiger partial charge >= 0.3 is 0 Å². The van der Waals surface area contributed by atoms with Gasteiger partial charge in [0.15, 0.2) is 0 Å². The molecule has 1 aliphatic rings. The number of halogens is 1. The molecule has 1 heterocycles. The minimum atomic E-state index is -0.411. The van der Waals surface area contributed by atoms with E-state index in [-0.39, 0.29) is 30.3 Å². The number of hydrogen-bond donors (Lipinski definition) is 2. The second-order valence-corrected chi connectivity index (χ2v) is 5.61. The summed E-state index contributed by atoms with van der Waals surface area (Å²) in [5, 5.41) is 5.69. The molecule has 0 radical (unpaired) electrons. The first-order chi connectivity index (χ1) is 10.7. The molecule has 5 nitrogen and oxygen atoms in total. The predicted molar refractivity (Wildman–Crippen MR) is 93.5 cm³/mol. The quantitative estimate of drug-likeness (QED) is 0.832. The molecule has 0 unspecified atom stereocenters. The molecule has 1 fully saturated rings. The first kappa shape index (κ1) is 19.5. The maximum atomic E-state index is 12.4. The van der Waals surface area contributed by atoms with Gasteiger partial charge in [-0.25, -0.2) is 0 Å². The molecule has 0 bridgehead atoms. The molecule has 128 valence electrons. The van der Waals surface area contributed by atoms with Crippen molar-refractivity contribution in [2.75, 3.05) is 20.1 Å². The van der Waals surface area contributed by atoms with Gasteiger partial charge in [-0.05, 0) is 24.8 Å². The van der Waals surface area contributed by atoms with Crippen LogP contribution in [0.1, 0.15) is 37.8 Å². The van der Waals surface area contributed by atoms with Crippen molar-refractivity contribution >= 4 is 24.2 Å². The zero-order valence-corrected chi connectivity index (χ0v) is 14.6. The Bertz CT molecular complexity index is 510. The first-order valence-corrected chi connectivity index (χ1v) is 7.99. The van der Waals surface area contributed by atoms with Crippen LogP contribution in [-0.4, -0.2) is 42.9 Å². The van der Waals surface area contributed by atoms with Gasteiger partial charge in [-0.1, -0.05) is 37.3 Å². The van der Waals surface area contributed by atoms with Gasteiger partial charge in [0.2, 0.25) is 11.8 Å². The van der Waals surface area contributed by atoms with Gasteiger partial charge < -0.3 is 10.6 Å². The van der Waals surface area contributed by atoms with Gasteiger partial charge in [0.25, 0.3) is 0 Å². The topological polar surface area (TPSA) is 61.4 Å². The summed E-state index contributed by atoms with van der Waals surface area (Å²) >= 11 is 0.